The first-order valence-corrected chi connectivity index (χ1v) is 10.1. The zero-order chi connectivity index (χ0) is 17.0. The summed E-state index contributed by atoms with van der Waals surface area (Å²) in [6, 6.07) is 4.45. The molecule has 3 aliphatic heterocycles. The molecule has 1 aromatic heterocycles. The van der Waals surface area contributed by atoms with Crippen LogP contribution in [0.1, 0.15) is 17.5 Å². The van der Waals surface area contributed by atoms with Gasteiger partial charge in [-0.05, 0) is 36.1 Å². The Bertz CT molecular complexity index is 838. The maximum absolute atomic E-state index is 12.2. The SMILES string of the molecule is C[NH+]1CCN(c2nc(-c3cc4c5c(c3)CC(=O)N5CCC4)cs2)CC1. The maximum atomic E-state index is 12.2. The Balaban J connectivity index is 1.47. The third-order valence-corrected chi connectivity index (χ3v) is 6.59. The van der Waals surface area contributed by atoms with Crippen LogP contribution in [0.2, 0.25) is 0 Å². The van der Waals surface area contributed by atoms with Crippen molar-refractivity contribution in [3.8, 4) is 11.3 Å². The highest BCUT2D eigenvalue weighted by Crippen LogP contribution is 2.40. The summed E-state index contributed by atoms with van der Waals surface area (Å²) < 4.78 is 0. The van der Waals surface area contributed by atoms with Crippen molar-refractivity contribution in [2.75, 3.05) is 49.6 Å². The molecule has 0 spiro atoms. The second kappa shape index (κ2) is 5.81. The van der Waals surface area contributed by atoms with Crippen molar-refractivity contribution in [3.63, 3.8) is 0 Å². The number of aromatic nitrogens is 1. The summed E-state index contributed by atoms with van der Waals surface area (Å²) in [5.41, 5.74) is 5.93. The largest absolute Gasteiger partial charge is 0.337 e. The third-order valence-electron chi connectivity index (χ3n) is 5.68. The minimum atomic E-state index is 0.256. The van der Waals surface area contributed by atoms with E-state index in [1.165, 1.54) is 35.5 Å². The average molecular weight is 355 g/mol. The number of hydrogen-bond acceptors (Lipinski definition) is 4. The predicted octanol–water partition coefficient (Wildman–Crippen LogP) is 0.980. The lowest BCUT2D eigenvalue weighted by atomic mass is 9.96. The van der Waals surface area contributed by atoms with E-state index in [-0.39, 0.29) is 5.91 Å². The van der Waals surface area contributed by atoms with Crippen LogP contribution in [0, 0.1) is 0 Å². The number of rotatable bonds is 2. The van der Waals surface area contributed by atoms with E-state index in [0.29, 0.717) is 6.42 Å². The Labute approximate surface area is 151 Å². The van der Waals surface area contributed by atoms with Gasteiger partial charge in [0.15, 0.2) is 5.13 Å². The van der Waals surface area contributed by atoms with Gasteiger partial charge >= 0.3 is 0 Å². The van der Waals surface area contributed by atoms with Crippen molar-refractivity contribution >= 4 is 28.1 Å². The van der Waals surface area contributed by atoms with Crippen LogP contribution in [0.5, 0.6) is 0 Å². The normalized spacial score (nSPS) is 20.3. The summed E-state index contributed by atoms with van der Waals surface area (Å²) >= 11 is 1.74. The standard InChI is InChI=1S/C19H22N4OS/c1-21-5-7-22(8-6-21)19-20-16(12-25-19)14-9-13-3-2-4-23-17(24)11-15(10-14)18(13)23/h9-10,12H,2-8,11H2,1H3/p+1. The number of anilines is 2. The number of piperazine rings is 1. The van der Waals surface area contributed by atoms with Crippen molar-refractivity contribution in [2.24, 2.45) is 0 Å². The van der Waals surface area contributed by atoms with Gasteiger partial charge < -0.3 is 14.7 Å². The number of likely N-dealkylation sites (N-methyl/N-ethyl adjacent to an activating group) is 1. The Morgan fingerprint density at radius 1 is 1.16 bits per heavy atom. The molecule has 0 saturated carbocycles. The van der Waals surface area contributed by atoms with Gasteiger partial charge in [-0.1, -0.05) is 0 Å². The van der Waals surface area contributed by atoms with Crippen molar-refractivity contribution in [1.82, 2.24) is 4.98 Å². The number of nitrogens with one attached hydrogen (secondary N) is 1. The molecule has 5 rings (SSSR count). The number of benzene rings is 1. The van der Waals surface area contributed by atoms with Gasteiger partial charge in [-0.25, -0.2) is 4.98 Å². The van der Waals surface area contributed by atoms with E-state index in [1.807, 2.05) is 4.90 Å². The summed E-state index contributed by atoms with van der Waals surface area (Å²) in [4.78, 5) is 23.1. The van der Waals surface area contributed by atoms with Gasteiger partial charge in [0.05, 0.1) is 51.0 Å². The smallest absolute Gasteiger partial charge is 0.231 e. The van der Waals surface area contributed by atoms with Crippen LogP contribution in [-0.2, 0) is 17.6 Å². The van der Waals surface area contributed by atoms with Crippen LogP contribution < -0.4 is 14.7 Å². The van der Waals surface area contributed by atoms with Crippen molar-refractivity contribution < 1.29 is 9.69 Å². The van der Waals surface area contributed by atoms with E-state index < -0.39 is 0 Å². The molecule has 2 aromatic rings. The van der Waals surface area contributed by atoms with Crippen LogP contribution in [-0.4, -0.2) is 50.7 Å². The molecular weight excluding hydrogens is 332 g/mol. The number of carbonyl (C=O) groups is 1. The summed E-state index contributed by atoms with van der Waals surface area (Å²) in [6.07, 6.45) is 2.68. The Morgan fingerprint density at radius 3 is 2.80 bits per heavy atom. The fraction of sp³-hybridized carbons (Fsp3) is 0.474. The maximum Gasteiger partial charge on any atom is 0.231 e. The van der Waals surface area contributed by atoms with E-state index in [1.54, 1.807) is 16.2 Å². The molecule has 1 fully saturated rings. The Kier molecular flexibility index (Phi) is 3.57. The number of hydrogen-bond donors (Lipinski definition) is 1. The number of aryl methyl sites for hydroxylation is 1. The molecule has 130 valence electrons. The first-order valence-electron chi connectivity index (χ1n) is 9.17. The fourth-order valence-corrected chi connectivity index (χ4v) is 5.14. The minimum Gasteiger partial charge on any atom is -0.337 e. The van der Waals surface area contributed by atoms with Gasteiger partial charge in [-0.3, -0.25) is 4.79 Å². The first-order chi connectivity index (χ1) is 12.2. The topological polar surface area (TPSA) is 40.9 Å². The van der Waals surface area contributed by atoms with Gasteiger partial charge in [0.25, 0.3) is 0 Å². The molecule has 0 radical (unpaired) electrons. The second-order valence-corrected chi connectivity index (χ2v) is 8.26. The monoisotopic (exact) mass is 355 g/mol. The summed E-state index contributed by atoms with van der Waals surface area (Å²) in [6.45, 7) is 5.39. The van der Waals surface area contributed by atoms with Gasteiger partial charge in [0.2, 0.25) is 5.91 Å². The quantitative estimate of drug-likeness (QED) is 0.873. The molecule has 4 heterocycles. The van der Waals surface area contributed by atoms with Crippen LogP contribution in [0.4, 0.5) is 10.8 Å². The lowest BCUT2D eigenvalue weighted by Crippen LogP contribution is -3.12. The second-order valence-electron chi connectivity index (χ2n) is 7.43. The predicted molar refractivity (Wildman–Crippen MR) is 101 cm³/mol. The molecule has 1 saturated heterocycles. The number of carbonyl (C=O) groups excluding carboxylic acids is 1. The Morgan fingerprint density at radius 2 is 1.96 bits per heavy atom. The number of amides is 1. The zero-order valence-electron chi connectivity index (χ0n) is 14.5. The van der Waals surface area contributed by atoms with Crippen LogP contribution in [0.3, 0.4) is 0 Å². The van der Waals surface area contributed by atoms with Gasteiger partial charge in [0.1, 0.15) is 0 Å². The number of nitrogens with zero attached hydrogens (tertiary/aromatic N) is 3. The van der Waals surface area contributed by atoms with Crippen LogP contribution >= 0.6 is 11.3 Å². The lowest BCUT2D eigenvalue weighted by Gasteiger charge is -2.29. The molecule has 3 aliphatic rings. The minimum absolute atomic E-state index is 0.256. The highest BCUT2D eigenvalue weighted by molar-refractivity contribution is 7.14. The summed E-state index contributed by atoms with van der Waals surface area (Å²) in [5.74, 6) is 0.256. The molecule has 25 heavy (non-hydrogen) atoms. The summed E-state index contributed by atoms with van der Waals surface area (Å²) in [7, 11) is 2.26. The number of thiazole rings is 1. The molecule has 5 nitrogen and oxygen atoms in total. The van der Waals surface area contributed by atoms with Gasteiger partial charge in [-0.15, -0.1) is 11.3 Å². The Hall–Kier alpha value is -1.92. The fourth-order valence-electron chi connectivity index (χ4n) is 4.25. The third kappa shape index (κ3) is 2.55. The van der Waals surface area contributed by atoms with Gasteiger partial charge in [0, 0.05) is 17.5 Å². The van der Waals surface area contributed by atoms with Crippen molar-refractivity contribution in [2.45, 2.75) is 19.3 Å². The highest BCUT2D eigenvalue weighted by Gasteiger charge is 2.32. The van der Waals surface area contributed by atoms with E-state index in [0.717, 1.165) is 43.3 Å². The number of quaternary nitrogens is 1. The van der Waals surface area contributed by atoms with Crippen molar-refractivity contribution in [1.29, 1.82) is 0 Å². The molecule has 0 unspecified atom stereocenters. The van der Waals surface area contributed by atoms with E-state index in [9.17, 15) is 4.79 Å². The average Bonchev–Trinajstić information content (AvgIpc) is 3.23. The van der Waals surface area contributed by atoms with E-state index in [2.05, 4.69) is 29.5 Å². The molecular formula is C19H23N4OS+. The molecule has 0 bridgehead atoms. The molecule has 0 atom stereocenters. The van der Waals surface area contributed by atoms with Crippen molar-refractivity contribution in [3.05, 3.63) is 28.6 Å². The summed E-state index contributed by atoms with van der Waals surface area (Å²) in [5, 5.41) is 3.31. The first kappa shape index (κ1) is 15.3. The molecule has 1 amide bonds. The van der Waals surface area contributed by atoms with Gasteiger partial charge in [-0.2, -0.15) is 0 Å². The molecule has 0 aliphatic carbocycles. The van der Waals surface area contributed by atoms with E-state index in [4.69, 9.17) is 4.98 Å². The lowest BCUT2D eigenvalue weighted by molar-refractivity contribution is -0.880. The van der Waals surface area contributed by atoms with Crippen LogP contribution in [0.15, 0.2) is 17.5 Å². The molecule has 1 N–H and O–H groups in total. The zero-order valence-corrected chi connectivity index (χ0v) is 15.4. The van der Waals surface area contributed by atoms with Crippen LogP contribution in [0.25, 0.3) is 11.3 Å². The highest BCUT2D eigenvalue weighted by atomic mass is 32.1. The molecule has 6 heteroatoms. The molecule has 1 aromatic carbocycles. The van der Waals surface area contributed by atoms with E-state index >= 15 is 0 Å².